The van der Waals surface area contributed by atoms with Gasteiger partial charge in [-0.15, -0.1) is 12.4 Å². The molecule has 1 atom stereocenters. The molecule has 0 aromatic heterocycles. The summed E-state index contributed by atoms with van der Waals surface area (Å²) in [4.78, 5) is 24.7. The summed E-state index contributed by atoms with van der Waals surface area (Å²) in [5, 5.41) is 9.82. The molecule has 1 heterocycles. The van der Waals surface area contributed by atoms with Crippen LogP contribution in [0.2, 0.25) is 0 Å². The normalized spacial score (nSPS) is 28.8. The van der Waals surface area contributed by atoms with E-state index < -0.39 is 0 Å². The maximum Gasteiger partial charge on any atom is 0.223 e. The molecule has 162 valence electrons. The number of amides is 2. The number of nitrogens with one attached hydrogen (secondary N) is 3. The monoisotopic (exact) mass is 413 g/mol. The van der Waals surface area contributed by atoms with E-state index in [1.54, 1.807) is 0 Å². The summed E-state index contributed by atoms with van der Waals surface area (Å²) in [5.41, 5.74) is 0. The number of carbonyl (C=O) groups excluding carboxylic acids is 2. The van der Waals surface area contributed by atoms with Gasteiger partial charge in [-0.1, -0.05) is 19.3 Å². The molecule has 2 saturated carbocycles. The molecule has 0 radical (unpaired) electrons. The average Bonchev–Trinajstić information content (AvgIpc) is 2.70. The van der Waals surface area contributed by atoms with Crippen LogP contribution in [-0.2, 0) is 9.59 Å². The van der Waals surface area contributed by atoms with Crippen LogP contribution in [0.4, 0.5) is 0 Å². The quantitative estimate of drug-likeness (QED) is 0.597. The molecule has 1 aliphatic heterocycles. The summed E-state index contributed by atoms with van der Waals surface area (Å²) < 4.78 is 0. The van der Waals surface area contributed by atoms with Crippen LogP contribution in [0.15, 0.2) is 0 Å². The molecule has 0 spiro atoms. The summed E-state index contributed by atoms with van der Waals surface area (Å²) in [6, 6.07) is 0.276. The number of carbonyl (C=O) groups is 2. The first-order valence-electron chi connectivity index (χ1n) is 11.5. The Morgan fingerprint density at radius 1 is 0.857 bits per heavy atom. The van der Waals surface area contributed by atoms with Crippen molar-refractivity contribution in [1.82, 2.24) is 16.0 Å². The summed E-state index contributed by atoms with van der Waals surface area (Å²) in [6.07, 6.45) is 14.4. The summed E-state index contributed by atoms with van der Waals surface area (Å²) in [5.74, 6) is 1.91. The number of halogens is 1. The van der Waals surface area contributed by atoms with Crippen molar-refractivity contribution >= 4 is 24.2 Å². The van der Waals surface area contributed by atoms with Gasteiger partial charge in [-0.3, -0.25) is 9.59 Å². The van der Waals surface area contributed by atoms with Crippen LogP contribution in [0.25, 0.3) is 0 Å². The molecule has 6 heteroatoms. The van der Waals surface area contributed by atoms with E-state index in [2.05, 4.69) is 16.0 Å². The molecule has 3 N–H and O–H groups in total. The highest BCUT2D eigenvalue weighted by Crippen LogP contribution is 2.27. The van der Waals surface area contributed by atoms with Crippen molar-refractivity contribution in [1.29, 1.82) is 0 Å². The highest BCUT2D eigenvalue weighted by molar-refractivity contribution is 5.85. The molecular formula is C22H40ClN3O2. The summed E-state index contributed by atoms with van der Waals surface area (Å²) in [6.45, 7) is 3.05. The molecule has 0 bridgehead atoms. The third-order valence-electron chi connectivity index (χ3n) is 6.91. The second kappa shape index (κ2) is 12.7. The van der Waals surface area contributed by atoms with E-state index >= 15 is 0 Å². The zero-order valence-electron chi connectivity index (χ0n) is 17.3. The Labute approximate surface area is 177 Å². The highest BCUT2D eigenvalue weighted by atomic mass is 35.5. The fraction of sp³-hybridized carbons (Fsp3) is 0.909. The molecule has 0 aromatic carbocycles. The van der Waals surface area contributed by atoms with Crippen LogP contribution in [0, 0.1) is 17.8 Å². The minimum atomic E-state index is 0. The Bertz CT molecular complexity index is 468. The second-order valence-electron chi connectivity index (χ2n) is 9.12. The van der Waals surface area contributed by atoms with E-state index in [1.807, 2.05) is 0 Å². The van der Waals surface area contributed by atoms with Gasteiger partial charge in [-0.2, -0.15) is 0 Å². The van der Waals surface area contributed by atoms with Crippen LogP contribution in [0.3, 0.4) is 0 Å². The van der Waals surface area contributed by atoms with E-state index in [0.717, 1.165) is 51.7 Å². The smallest absolute Gasteiger partial charge is 0.223 e. The van der Waals surface area contributed by atoms with E-state index in [-0.39, 0.29) is 36.2 Å². The lowest BCUT2D eigenvalue weighted by Crippen LogP contribution is -2.41. The van der Waals surface area contributed by atoms with Crippen molar-refractivity contribution in [3.63, 3.8) is 0 Å². The zero-order chi connectivity index (χ0) is 18.9. The molecule has 1 saturated heterocycles. The van der Waals surface area contributed by atoms with Gasteiger partial charge in [0.2, 0.25) is 11.8 Å². The fourth-order valence-electron chi connectivity index (χ4n) is 5.15. The van der Waals surface area contributed by atoms with Gasteiger partial charge in [-0.05, 0) is 82.7 Å². The summed E-state index contributed by atoms with van der Waals surface area (Å²) in [7, 11) is 0. The summed E-state index contributed by atoms with van der Waals surface area (Å²) >= 11 is 0. The van der Waals surface area contributed by atoms with Crippen LogP contribution in [0.1, 0.15) is 83.5 Å². The first-order valence-corrected chi connectivity index (χ1v) is 11.5. The lowest BCUT2D eigenvalue weighted by atomic mass is 9.84. The first kappa shape index (κ1) is 23.5. The lowest BCUT2D eigenvalue weighted by Gasteiger charge is -2.29. The van der Waals surface area contributed by atoms with E-state index in [1.165, 1.54) is 44.9 Å². The molecule has 3 fully saturated rings. The molecular weight excluding hydrogens is 374 g/mol. The predicted molar refractivity (Wildman–Crippen MR) is 116 cm³/mol. The molecule has 5 nitrogen and oxygen atoms in total. The van der Waals surface area contributed by atoms with E-state index in [0.29, 0.717) is 18.3 Å². The Hall–Kier alpha value is -0.810. The topological polar surface area (TPSA) is 70.2 Å². The van der Waals surface area contributed by atoms with Gasteiger partial charge < -0.3 is 16.0 Å². The fourth-order valence-corrected chi connectivity index (χ4v) is 5.15. The SMILES string of the molecule is Cl.O=C(CC1CCCCC1)NC1CCC(C(=O)NCCC2CCCNC2)CC1. The maximum atomic E-state index is 12.4. The maximum absolute atomic E-state index is 12.4. The zero-order valence-corrected chi connectivity index (χ0v) is 18.2. The molecule has 0 aromatic rings. The average molecular weight is 414 g/mol. The Morgan fingerprint density at radius 3 is 2.25 bits per heavy atom. The van der Waals surface area contributed by atoms with Gasteiger partial charge in [0, 0.05) is 24.9 Å². The van der Waals surface area contributed by atoms with E-state index in [9.17, 15) is 9.59 Å². The number of hydrogen-bond donors (Lipinski definition) is 3. The van der Waals surface area contributed by atoms with Crippen molar-refractivity contribution in [2.45, 2.75) is 89.5 Å². The highest BCUT2D eigenvalue weighted by Gasteiger charge is 2.27. The van der Waals surface area contributed by atoms with Crippen molar-refractivity contribution in [3.8, 4) is 0 Å². The van der Waals surface area contributed by atoms with Crippen LogP contribution in [-0.4, -0.2) is 37.5 Å². The van der Waals surface area contributed by atoms with Gasteiger partial charge in [-0.25, -0.2) is 0 Å². The van der Waals surface area contributed by atoms with Crippen molar-refractivity contribution in [3.05, 3.63) is 0 Å². The Morgan fingerprint density at radius 2 is 1.57 bits per heavy atom. The third kappa shape index (κ3) is 7.90. The van der Waals surface area contributed by atoms with Gasteiger partial charge in [0.15, 0.2) is 0 Å². The van der Waals surface area contributed by atoms with Crippen molar-refractivity contribution < 1.29 is 9.59 Å². The lowest BCUT2D eigenvalue weighted by molar-refractivity contribution is -0.126. The molecule has 3 rings (SSSR count). The van der Waals surface area contributed by atoms with Crippen LogP contribution < -0.4 is 16.0 Å². The third-order valence-corrected chi connectivity index (χ3v) is 6.91. The van der Waals surface area contributed by atoms with Crippen LogP contribution >= 0.6 is 12.4 Å². The largest absolute Gasteiger partial charge is 0.356 e. The second-order valence-corrected chi connectivity index (χ2v) is 9.12. The molecule has 2 aliphatic carbocycles. The van der Waals surface area contributed by atoms with Gasteiger partial charge in [0.05, 0.1) is 0 Å². The Kier molecular flexibility index (Phi) is 10.6. The minimum Gasteiger partial charge on any atom is -0.356 e. The molecule has 1 unspecified atom stereocenters. The molecule has 28 heavy (non-hydrogen) atoms. The van der Waals surface area contributed by atoms with Crippen molar-refractivity contribution in [2.75, 3.05) is 19.6 Å². The first-order chi connectivity index (χ1) is 13.2. The van der Waals surface area contributed by atoms with Gasteiger partial charge in [0.1, 0.15) is 0 Å². The Balaban J connectivity index is 0.00000280. The molecule has 3 aliphatic rings. The number of piperidine rings is 1. The molecule has 2 amide bonds. The standard InChI is InChI=1S/C22H39N3O2.ClH/c26-21(15-17-5-2-1-3-6-17)25-20-10-8-19(9-11-20)22(27)24-14-12-18-7-4-13-23-16-18;/h17-20,23H,1-16H2,(H,24,27)(H,25,26);1H. The van der Waals surface area contributed by atoms with E-state index in [4.69, 9.17) is 0 Å². The minimum absolute atomic E-state index is 0. The van der Waals surface area contributed by atoms with Crippen LogP contribution in [0.5, 0.6) is 0 Å². The van der Waals surface area contributed by atoms with Crippen molar-refractivity contribution in [2.24, 2.45) is 17.8 Å². The predicted octanol–water partition coefficient (Wildman–Crippen LogP) is 3.56. The number of rotatable bonds is 7. The van der Waals surface area contributed by atoms with Gasteiger partial charge >= 0.3 is 0 Å². The number of hydrogen-bond acceptors (Lipinski definition) is 3. The van der Waals surface area contributed by atoms with Gasteiger partial charge in [0.25, 0.3) is 0 Å².